The molecule has 94 valence electrons. The van der Waals surface area contributed by atoms with E-state index in [1.165, 1.54) is 12.5 Å². The molecule has 1 aromatic heterocycles. The number of carbonyl (C=O) groups is 2. The van der Waals surface area contributed by atoms with Crippen molar-refractivity contribution in [2.45, 2.75) is 18.5 Å². The van der Waals surface area contributed by atoms with Gasteiger partial charge in [0.05, 0.1) is 6.33 Å². The van der Waals surface area contributed by atoms with Gasteiger partial charge in [0.15, 0.2) is 0 Å². The van der Waals surface area contributed by atoms with E-state index in [0.29, 0.717) is 5.69 Å². The van der Waals surface area contributed by atoms with E-state index in [4.69, 9.17) is 15.9 Å². The number of hydrogen-bond acceptors (Lipinski definition) is 5. The van der Waals surface area contributed by atoms with Gasteiger partial charge in [0, 0.05) is 24.9 Å². The van der Waals surface area contributed by atoms with Crippen molar-refractivity contribution in [1.29, 1.82) is 0 Å². The molecule has 0 aliphatic heterocycles. The predicted molar refractivity (Wildman–Crippen MR) is 57.3 cm³/mol. The minimum absolute atomic E-state index is 0.111. The van der Waals surface area contributed by atoms with Gasteiger partial charge in [0.1, 0.15) is 12.1 Å². The summed E-state index contributed by atoms with van der Waals surface area (Å²) in [6, 6.07) is -2.03. The van der Waals surface area contributed by atoms with Crippen molar-refractivity contribution in [3.63, 3.8) is 0 Å². The molecule has 0 saturated heterocycles. The van der Waals surface area contributed by atoms with Gasteiger partial charge < -0.3 is 26.2 Å². The Balaban J connectivity index is 2.49. The van der Waals surface area contributed by atoms with Gasteiger partial charge in [-0.05, 0) is 0 Å². The lowest BCUT2D eigenvalue weighted by Crippen LogP contribution is -2.47. The highest BCUT2D eigenvalue weighted by molar-refractivity contribution is 5.75. The number of imidazole rings is 1. The predicted octanol–water partition coefficient (Wildman–Crippen LogP) is -1.59. The van der Waals surface area contributed by atoms with E-state index in [2.05, 4.69) is 15.3 Å². The lowest BCUT2D eigenvalue weighted by Gasteiger charge is -2.15. The summed E-state index contributed by atoms with van der Waals surface area (Å²) >= 11 is 0. The molecular formula is C9H14N4O4. The molecule has 1 rings (SSSR count). The summed E-state index contributed by atoms with van der Waals surface area (Å²) in [7, 11) is 0. The fraction of sp³-hybridized carbons (Fsp3) is 0.444. The number of carboxylic acid groups (broad SMARTS) is 2. The van der Waals surface area contributed by atoms with E-state index in [0.717, 1.165) is 0 Å². The Labute approximate surface area is 96.9 Å². The van der Waals surface area contributed by atoms with Gasteiger partial charge in [-0.25, -0.2) is 4.98 Å². The van der Waals surface area contributed by atoms with E-state index in [1.54, 1.807) is 0 Å². The minimum Gasteiger partial charge on any atom is -0.480 e. The fourth-order valence-corrected chi connectivity index (χ4v) is 1.22. The lowest BCUT2D eigenvalue weighted by atomic mass is 10.1. The van der Waals surface area contributed by atoms with Gasteiger partial charge in [-0.15, -0.1) is 0 Å². The summed E-state index contributed by atoms with van der Waals surface area (Å²) in [6.45, 7) is -0.111. The zero-order valence-corrected chi connectivity index (χ0v) is 8.96. The molecule has 0 aliphatic rings. The first-order valence-corrected chi connectivity index (χ1v) is 4.92. The average molecular weight is 242 g/mol. The molecule has 8 nitrogen and oxygen atoms in total. The number of aromatic amines is 1. The third kappa shape index (κ3) is 4.21. The number of aromatic nitrogens is 2. The molecule has 2 atom stereocenters. The second kappa shape index (κ2) is 5.97. The maximum atomic E-state index is 10.9. The van der Waals surface area contributed by atoms with Crippen LogP contribution in [0.2, 0.25) is 0 Å². The Morgan fingerprint density at radius 1 is 1.47 bits per heavy atom. The molecule has 0 radical (unpaired) electrons. The number of hydrogen-bond donors (Lipinski definition) is 5. The molecule has 17 heavy (non-hydrogen) atoms. The third-order valence-electron chi connectivity index (χ3n) is 2.18. The van der Waals surface area contributed by atoms with E-state index in [9.17, 15) is 9.59 Å². The van der Waals surface area contributed by atoms with Gasteiger partial charge in [0.25, 0.3) is 0 Å². The van der Waals surface area contributed by atoms with Crippen LogP contribution in [0.4, 0.5) is 0 Å². The number of rotatable bonds is 7. The molecule has 1 heterocycles. The highest BCUT2D eigenvalue weighted by Crippen LogP contribution is 1.98. The van der Waals surface area contributed by atoms with E-state index < -0.39 is 24.0 Å². The number of aliphatic carboxylic acids is 2. The zero-order chi connectivity index (χ0) is 12.8. The van der Waals surface area contributed by atoms with Crippen molar-refractivity contribution in [1.82, 2.24) is 15.3 Å². The molecule has 0 unspecified atom stereocenters. The van der Waals surface area contributed by atoms with E-state index >= 15 is 0 Å². The number of nitrogens with two attached hydrogens (primary N) is 1. The first-order chi connectivity index (χ1) is 8.00. The number of nitrogens with zero attached hydrogens (tertiary/aromatic N) is 1. The van der Waals surface area contributed by atoms with Crippen LogP contribution in [-0.2, 0) is 16.0 Å². The van der Waals surface area contributed by atoms with Gasteiger partial charge in [-0.2, -0.15) is 0 Å². The minimum atomic E-state index is -1.18. The average Bonchev–Trinajstić information content (AvgIpc) is 2.75. The second-order valence-electron chi connectivity index (χ2n) is 3.52. The maximum absolute atomic E-state index is 10.9. The SMILES string of the molecule is N[C@H](CN[C@@H](Cc1cnc[nH]1)C(=O)O)C(=O)O. The third-order valence-corrected chi connectivity index (χ3v) is 2.18. The molecule has 0 amide bonds. The topological polar surface area (TPSA) is 141 Å². The lowest BCUT2D eigenvalue weighted by molar-refractivity contribution is -0.141. The van der Waals surface area contributed by atoms with Crippen LogP contribution >= 0.6 is 0 Å². The molecule has 0 fully saturated rings. The Kier molecular flexibility index (Phi) is 4.61. The molecule has 1 aromatic rings. The van der Waals surface area contributed by atoms with Crippen molar-refractivity contribution in [3.8, 4) is 0 Å². The summed E-state index contributed by atoms with van der Waals surface area (Å²) < 4.78 is 0. The second-order valence-corrected chi connectivity index (χ2v) is 3.52. The first kappa shape index (κ1) is 13.1. The van der Waals surface area contributed by atoms with Crippen molar-refractivity contribution in [3.05, 3.63) is 18.2 Å². The quantitative estimate of drug-likeness (QED) is 0.388. The van der Waals surface area contributed by atoms with Crippen LogP contribution in [0.3, 0.4) is 0 Å². The van der Waals surface area contributed by atoms with Crippen LogP contribution in [0.5, 0.6) is 0 Å². The van der Waals surface area contributed by atoms with Gasteiger partial charge in [-0.3, -0.25) is 9.59 Å². The monoisotopic (exact) mass is 242 g/mol. The maximum Gasteiger partial charge on any atom is 0.321 e. The molecule has 0 aromatic carbocycles. The fourth-order valence-electron chi connectivity index (χ4n) is 1.22. The number of nitrogens with one attached hydrogen (secondary N) is 2. The van der Waals surface area contributed by atoms with Gasteiger partial charge in [-0.1, -0.05) is 0 Å². The van der Waals surface area contributed by atoms with Crippen molar-refractivity contribution in [2.75, 3.05) is 6.54 Å². The normalized spacial score (nSPS) is 14.2. The molecule has 0 saturated carbocycles. The zero-order valence-electron chi connectivity index (χ0n) is 8.96. The highest BCUT2D eigenvalue weighted by Gasteiger charge is 2.20. The summed E-state index contributed by atoms with van der Waals surface area (Å²) in [5, 5.41) is 20.1. The van der Waals surface area contributed by atoms with Crippen LogP contribution in [0.1, 0.15) is 5.69 Å². The number of H-pyrrole nitrogens is 1. The molecule has 8 heteroatoms. The summed E-state index contributed by atoms with van der Waals surface area (Å²) in [4.78, 5) is 27.9. The molecule has 6 N–H and O–H groups in total. The van der Waals surface area contributed by atoms with Crippen molar-refractivity contribution >= 4 is 11.9 Å². The van der Waals surface area contributed by atoms with Crippen molar-refractivity contribution in [2.24, 2.45) is 5.73 Å². The number of carboxylic acids is 2. The Morgan fingerprint density at radius 3 is 2.65 bits per heavy atom. The van der Waals surface area contributed by atoms with Crippen LogP contribution in [0.25, 0.3) is 0 Å². The van der Waals surface area contributed by atoms with Crippen LogP contribution in [0, 0.1) is 0 Å². The van der Waals surface area contributed by atoms with Crippen LogP contribution < -0.4 is 11.1 Å². The largest absolute Gasteiger partial charge is 0.480 e. The van der Waals surface area contributed by atoms with Crippen LogP contribution in [-0.4, -0.2) is 50.7 Å². The Bertz CT molecular complexity index is 378. The van der Waals surface area contributed by atoms with Gasteiger partial charge >= 0.3 is 11.9 Å². The summed E-state index contributed by atoms with van der Waals surface area (Å²) in [6.07, 6.45) is 3.13. The van der Waals surface area contributed by atoms with E-state index in [1.807, 2.05) is 0 Å². The van der Waals surface area contributed by atoms with Gasteiger partial charge in [0.2, 0.25) is 0 Å². The first-order valence-electron chi connectivity index (χ1n) is 4.92. The Hall–Kier alpha value is -1.93. The smallest absolute Gasteiger partial charge is 0.321 e. The summed E-state index contributed by atoms with van der Waals surface area (Å²) in [5.41, 5.74) is 5.91. The van der Waals surface area contributed by atoms with E-state index in [-0.39, 0.29) is 13.0 Å². The highest BCUT2D eigenvalue weighted by atomic mass is 16.4. The van der Waals surface area contributed by atoms with Crippen molar-refractivity contribution < 1.29 is 19.8 Å². The molecule has 0 aliphatic carbocycles. The molecular weight excluding hydrogens is 228 g/mol. The molecule has 0 bridgehead atoms. The van der Waals surface area contributed by atoms with Crippen LogP contribution in [0.15, 0.2) is 12.5 Å². The standard InChI is InChI=1S/C9H14N4O4/c10-6(8(14)15)3-12-7(9(16)17)1-5-2-11-4-13-5/h2,4,6-7,12H,1,3,10H2,(H,11,13)(H,14,15)(H,16,17)/t6-,7+/m1/s1. The molecule has 0 spiro atoms. The Morgan fingerprint density at radius 2 is 2.18 bits per heavy atom. The summed E-state index contributed by atoms with van der Waals surface area (Å²) in [5.74, 6) is -2.25.